The number of hydrogen-bond donors (Lipinski definition) is 1. The molecule has 1 fully saturated rings. The Bertz CT molecular complexity index is 346. The Morgan fingerprint density at radius 2 is 2.06 bits per heavy atom. The number of benzene rings is 1. The number of nitrogens with zero attached hydrogens (tertiary/aromatic N) is 1. The smallest absolute Gasteiger partial charge is 0.129 e. The highest BCUT2D eigenvalue weighted by Crippen LogP contribution is 2.26. The summed E-state index contributed by atoms with van der Waals surface area (Å²) in [7, 11) is 0. The lowest BCUT2D eigenvalue weighted by molar-refractivity contribution is 0.592. The van der Waals surface area contributed by atoms with E-state index in [9.17, 15) is 4.39 Å². The maximum absolute atomic E-state index is 13.8. The van der Waals surface area contributed by atoms with Crippen molar-refractivity contribution in [1.82, 2.24) is 5.32 Å². The van der Waals surface area contributed by atoms with E-state index in [-0.39, 0.29) is 5.82 Å². The number of halogens is 1. The third kappa shape index (κ3) is 2.35. The van der Waals surface area contributed by atoms with Crippen molar-refractivity contribution in [2.24, 2.45) is 0 Å². The summed E-state index contributed by atoms with van der Waals surface area (Å²) in [6.07, 6.45) is 2.44. The molecule has 0 spiro atoms. The minimum atomic E-state index is -0.0923. The molecular formula is C13H19FN2. The summed E-state index contributed by atoms with van der Waals surface area (Å²) in [5.41, 5.74) is 1.88. The van der Waals surface area contributed by atoms with Crippen LogP contribution in [-0.4, -0.2) is 19.6 Å². The van der Waals surface area contributed by atoms with Gasteiger partial charge in [-0.25, -0.2) is 4.39 Å². The Balaban J connectivity index is 2.24. The summed E-state index contributed by atoms with van der Waals surface area (Å²) in [6, 6.07) is 5.38. The fourth-order valence-corrected chi connectivity index (χ4v) is 2.23. The number of anilines is 1. The Morgan fingerprint density at radius 1 is 1.31 bits per heavy atom. The van der Waals surface area contributed by atoms with E-state index in [0.717, 1.165) is 30.9 Å². The zero-order valence-electron chi connectivity index (χ0n) is 9.80. The van der Waals surface area contributed by atoms with Crippen LogP contribution in [0.1, 0.15) is 25.3 Å². The second-order valence-electron chi connectivity index (χ2n) is 4.21. The van der Waals surface area contributed by atoms with Crippen molar-refractivity contribution in [2.45, 2.75) is 26.3 Å². The molecule has 1 aliphatic heterocycles. The average molecular weight is 222 g/mol. The van der Waals surface area contributed by atoms with Crippen molar-refractivity contribution < 1.29 is 4.39 Å². The van der Waals surface area contributed by atoms with Gasteiger partial charge in [0, 0.05) is 30.9 Å². The molecule has 1 aromatic rings. The Morgan fingerprint density at radius 3 is 2.75 bits per heavy atom. The standard InChI is InChI=1S/C13H19FN2/c1-2-15-10-11-12(14)6-5-7-13(11)16-8-3-4-9-16/h5-7,15H,2-4,8-10H2,1H3. The molecule has 16 heavy (non-hydrogen) atoms. The summed E-state index contributed by atoms with van der Waals surface area (Å²) in [4.78, 5) is 2.29. The van der Waals surface area contributed by atoms with Gasteiger partial charge in [-0.2, -0.15) is 0 Å². The van der Waals surface area contributed by atoms with Gasteiger partial charge in [-0.05, 0) is 31.5 Å². The van der Waals surface area contributed by atoms with Crippen LogP contribution in [0.4, 0.5) is 10.1 Å². The number of hydrogen-bond acceptors (Lipinski definition) is 2. The van der Waals surface area contributed by atoms with Crippen LogP contribution in [0.25, 0.3) is 0 Å². The number of rotatable bonds is 4. The minimum absolute atomic E-state index is 0.0923. The zero-order valence-corrected chi connectivity index (χ0v) is 9.80. The predicted octanol–water partition coefficient (Wildman–Crippen LogP) is 2.54. The maximum Gasteiger partial charge on any atom is 0.129 e. The van der Waals surface area contributed by atoms with E-state index < -0.39 is 0 Å². The fraction of sp³-hybridized carbons (Fsp3) is 0.538. The first-order valence-electron chi connectivity index (χ1n) is 6.06. The molecule has 2 nitrogen and oxygen atoms in total. The molecule has 0 aliphatic carbocycles. The fourth-order valence-electron chi connectivity index (χ4n) is 2.23. The molecule has 1 heterocycles. The minimum Gasteiger partial charge on any atom is -0.371 e. The van der Waals surface area contributed by atoms with Crippen LogP contribution in [-0.2, 0) is 6.54 Å². The van der Waals surface area contributed by atoms with Crippen molar-refractivity contribution in [3.63, 3.8) is 0 Å². The lowest BCUT2D eigenvalue weighted by atomic mass is 10.1. The van der Waals surface area contributed by atoms with Crippen LogP contribution in [0.2, 0.25) is 0 Å². The predicted molar refractivity (Wildman–Crippen MR) is 65.2 cm³/mol. The van der Waals surface area contributed by atoms with E-state index >= 15 is 0 Å². The molecule has 88 valence electrons. The molecule has 0 bridgehead atoms. The zero-order chi connectivity index (χ0) is 11.4. The molecule has 0 saturated carbocycles. The van der Waals surface area contributed by atoms with Gasteiger partial charge in [0.25, 0.3) is 0 Å². The summed E-state index contributed by atoms with van der Waals surface area (Å²) in [5, 5.41) is 3.20. The lowest BCUT2D eigenvalue weighted by Gasteiger charge is -2.21. The molecular weight excluding hydrogens is 203 g/mol. The lowest BCUT2D eigenvalue weighted by Crippen LogP contribution is -2.22. The van der Waals surface area contributed by atoms with Crippen molar-refractivity contribution >= 4 is 5.69 Å². The molecule has 0 amide bonds. The van der Waals surface area contributed by atoms with Crippen LogP contribution in [0.15, 0.2) is 18.2 Å². The molecule has 1 N–H and O–H groups in total. The van der Waals surface area contributed by atoms with Gasteiger partial charge in [0.05, 0.1) is 0 Å². The van der Waals surface area contributed by atoms with Crippen LogP contribution in [0.5, 0.6) is 0 Å². The molecule has 1 aromatic carbocycles. The van der Waals surface area contributed by atoms with E-state index in [1.807, 2.05) is 13.0 Å². The van der Waals surface area contributed by atoms with Gasteiger partial charge in [0.2, 0.25) is 0 Å². The molecule has 1 saturated heterocycles. The first-order chi connectivity index (χ1) is 7.83. The average Bonchev–Trinajstić information content (AvgIpc) is 2.80. The van der Waals surface area contributed by atoms with Crippen LogP contribution < -0.4 is 10.2 Å². The van der Waals surface area contributed by atoms with Crippen molar-refractivity contribution in [2.75, 3.05) is 24.5 Å². The molecule has 0 radical (unpaired) electrons. The highest BCUT2D eigenvalue weighted by atomic mass is 19.1. The van der Waals surface area contributed by atoms with Crippen molar-refractivity contribution in [3.05, 3.63) is 29.6 Å². The monoisotopic (exact) mass is 222 g/mol. The van der Waals surface area contributed by atoms with Crippen LogP contribution in [0, 0.1) is 5.82 Å². The largest absolute Gasteiger partial charge is 0.371 e. The Labute approximate surface area is 96.5 Å². The highest BCUT2D eigenvalue weighted by molar-refractivity contribution is 5.54. The Kier molecular flexibility index (Phi) is 3.78. The summed E-state index contributed by atoms with van der Waals surface area (Å²) in [5.74, 6) is -0.0923. The molecule has 0 atom stereocenters. The summed E-state index contributed by atoms with van der Waals surface area (Å²) < 4.78 is 13.8. The number of nitrogens with one attached hydrogen (secondary N) is 1. The van der Waals surface area contributed by atoms with Gasteiger partial charge in [-0.1, -0.05) is 13.0 Å². The normalized spacial score (nSPS) is 15.8. The second kappa shape index (κ2) is 5.30. The van der Waals surface area contributed by atoms with Crippen LogP contribution in [0.3, 0.4) is 0 Å². The van der Waals surface area contributed by atoms with Crippen molar-refractivity contribution in [3.8, 4) is 0 Å². The maximum atomic E-state index is 13.8. The summed E-state index contributed by atoms with van der Waals surface area (Å²) in [6.45, 7) is 5.64. The van der Waals surface area contributed by atoms with Gasteiger partial charge in [0.1, 0.15) is 5.82 Å². The first kappa shape index (κ1) is 11.4. The van der Waals surface area contributed by atoms with Gasteiger partial charge in [-0.15, -0.1) is 0 Å². The van der Waals surface area contributed by atoms with Gasteiger partial charge >= 0.3 is 0 Å². The third-order valence-electron chi connectivity index (χ3n) is 3.09. The van der Waals surface area contributed by atoms with Gasteiger partial charge in [-0.3, -0.25) is 0 Å². The SMILES string of the molecule is CCNCc1c(F)cccc1N1CCCC1. The molecule has 0 unspecified atom stereocenters. The van der Waals surface area contributed by atoms with E-state index in [1.54, 1.807) is 12.1 Å². The quantitative estimate of drug-likeness (QED) is 0.842. The van der Waals surface area contributed by atoms with E-state index in [1.165, 1.54) is 12.8 Å². The molecule has 3 heteroatoms. The Hall–Kier alpha value is -1.09. The van der Waals surface area contributed by atoms with E-state index in [4.69, 9.17) is 0 Å². The molecule has 0 aromatic heterocycles. The van der Waals surface area contributed by atoms with Crippen LogP contribution >= 0.6 is 0 Å². The molecule has 2 rings (SSSR count). The van der Waals surface area contributed by atoms with Gasteiger partial charge < -0.3 is 10.2 Å². The molecule has 1 aliphatic rings. The second-order valence-corrected chi connectivity index (χ2v) is 4.21. The van der Waals surface area contributed by atoms with E-state index in [0.29, 0.717) is 6.54 Å². The third-order valence-corrected chi connectivity index (χ3v) is 3.09. The first-order valence-corrected chi connectivity index (χ1v) is 6.06. The van der Waals surface area contributed by atoms with E-state index in [2.05, 4.69) is 10.2 Å². The topological polar surface area (TPSA) is 15.3 Å². The highest BCUT2D eigenvalue weighted by Gasteiger charge is 2.17. The van der Waals surface area contributed by atoms with Crippen molar-refractivity contribution in [1.29, 1.82) is 0 Å². The van der Waals surface area contributed by atoms with Gasteiger partial charge in [0.15, 0.2) is 0 Å². The summed E-state index contributed by atoms with van der Waals surface area (Å²) >= 11 is 0.